The summed E-state index contributed by atoms with van der Waals surface area (Å²) in [6, 6.07) is 0. The smallest absolute Gasteiger partial charge is 0.163 e. The molecule has 0 amide bonds. The van der Waals surface area contributed by atoms with Crippen molar-refractivity contribution in [3.63, 3.8) is 0 Å². The van der Waals surface area contributed by atoms with E-state index in [1.54, 1.807) is 13.8 Å². The van der Waals surface area contributed by atoms with Crippen LogP contribution in [0.5, 0.6) is 0 Å². The predicted octanol–water partition coefficient (Wildman–Crippen LogP) is -0.427. The van der Waals surface area contributed by atoms with E-state index in [1.165, 1.54) is 0 Å². The molecule has 0 bridgehead atoms. The number of ketones is 1. The Labute approximate surface area is 189 Å². The van der Waals surface area contributed by atoms with Gasteiger partial charge in [-0.25, -0.2) is 0 Å². The van der Waals surface area contributed by atoms with Crippen LogP contribution >= 0.6 is 0 Å². The fourth-order valence-electron chi connectivity index (χ4n) is 4.39. The number of carbonyl (C=O) groups is 1. The zero-order chi connectivity index (χ0) is 24.0. The molecule has 0 radical (unpaired) electrons. The third-order valence-corrected chi connectivity index (χ3v) is 6.73. The van der Waals surface area contributed by atoms with Gasteiger partial charge in [-0.3, -0.25) is 4.79 Å². The summed E-state index contributed by atoms with van der Waals surface area (Å²) < 4.78 is 23.2. The minimum Gasteiger partial charge on any atom is -0.394 e. The first kappa shape index (κ1) is 27.6. The normalized spacial score (nSPS) is 40.6. The quantitative estimate of drug-likeness (QED) is 0.272. The van der Waals surface area contributed by atoms with Gasteiger partial charge in [0.1, 0.15) is 30.2 Å². The summed E-state index contributed by atoms with van der Waals surface area (Å²) in [4.78, 5) is 12.4. The Bertz CT molecular complexity index is 569. The molecule has 2 heterocycles. The van der Waals surface area contributed by atoms with E-state index >= 15 is 0 Å². The molecule has 0 aromatic heterocycles. The summed E-state index contributed by atoms with van der Waals surface area (Å²) in [7, 11) is 0. The topological polar surface area (TPSA) is 155 Å². The highest BCUT2D eigenvalue weighted by Gasteiger charge is 2.49. The molecule has 32 heavy (non-hydrogen) atoms. The molecule has 2 saturated heterocycles. The van der Waals surface area contributed by atoms with Crippen molar-refractivity contribution in [2.24, 2.45) is 17.8 Å². The van der Waals surface area contributed by atoms with Gasteiger partial charge in [-0.05, 0) is 12.8 Å². The number of hydrogen-bond donors (Lipinski definition) is 5. The van der Waals surface area contributed by atoms with E-state index < -0.39 is 74.3 Å². The van der Waals surface area contributed by atoms with Gasteiger partial charge in [-0.2, -0.15) is 0 Å². The fourth-order valence-corrected chi connectivity index (χ4v) is 4.39. The van der Waals surface area contributed by atoms with Crippen molar-refractivity contribution >= 4 is 5.78 Å². The zero-order valence-electron chi connectivity index (χ0n) is 19.4. The van der Waals surface area contributed by atoms with Crippen molar-refractivity contribution in [3.8, 4) is 0 Å². The molecule has 2 fully saturated rings. The second kappa shape index (κ2) is 12.7. The van der Waals surface area contributed by atoms with Crippen molar-refractivity contribution in [1.82, 2.24) is 0 Å². The van der Waals surface area contributed by atoms with E-state index in [9.17, 15) is 30.3 Å². The lowest BCUT2D eigenvalue weighted by atomic mass is 9.90. The standard InChI is InChI=1S/C22H40O10/c1-5-13(6-2)14(25)7-8-29-19-12(4)21(28)30-16(10-24)20(19)32-22-11(3)17(26)18(27)15(9-23)31-22/h11-13,15-24,26-28H,5-10H2,1-4H3/t11?,12?,15?,16?,17-,18-,19-,20-,21?,22+/m1/s1. The van der Waals surface area contributed by atoms with E-state index in [0.717, 1.165) is 12.8 Å². The number of Topliss-reactive ketones (excluding diaryl/α,β-unsaturated/α-hetero) is 1. The van der Waals surface area contributed by atoms with Gasteiger partial charge in [0.05, 0.1) is 32.0 Å². The van der Waals surface area contributed by atoms with Crippen LogP contribution in [-0.4, -0.2) is 100 Å². The highest BCUT2D eigenvalue weighted by atomic mass is 16.7. The Morgan fingerprint density at radius 3 is 2.09 bits per heavy atom. The zero-order valence-corrected chi connectivity index (χ0v) is 19.4. The molecule has 5 N–H and O–H groups in total. The van der Waals surface area contributed by atoms with Crippen molar-refractivity contribution in [1.29, 1.82) is 0 Å². The molecule has 2 rings (SSSR count). The van der Waals surface area contributed by atoms with E-state index in [4.69, 9.17) is 18.9 Å². The van der Waals surface area contributed by atoms with Gasteiger partial charge in [0.15, 0.2) is 12.6 Å². The molecule has 0 spiro atoms. The average Bonchev–Trinajstić information content (AvgIpc) is 2.78. The Morgan fingerprint density at radius 1 is 0.906 bits per heavy atom. The van der Waals surface area contributed by atoms with Gasteiger partial charge < -0.3 is 44.5 Å². The third-order valence-electron chi connectivity index (χ3n) is 6.73. The molecule has 2 aliphatic rings. The molecule has 188 valence electrons. The highest BCUT2D eigenvalue weighted by molar-refractivity contribution is 5.80. The van der Waals surface area contributed by atoms with Crippen LogP contribution in [0.3, 0.4) is 0 Å². The van der Waals surface area contributed by atoms with Crippen LogP contribution in [-0.2, 0) is 23.7 Å². The van der Waals surface area contributed by atoms with Crippen molar-refractivity contribution in [2.75, 3.05) is 19.8 Å². The second-order valence-electron chi connectivity index (χ2n) is 8.84. The minimum absolute atomic E-state index is 0.0200. The summed E-state index contributed by atoms with van der Waals surface area (Å²) in [5, 5.41) is 50.0. The van der Waals surface area contributed by atoms with E-state index in [2.05, 4.69) is 0 Å². The van der Waals surface area contributed by atoms with Gasteiger partial charge in [0.2, 0.25) is 0 Å². The van der Waals surface area contributed by atoms with Crippen LogP contribution in [0.25, 0.3) is 0 Å². The number of hydrogen-bond acceptors (Lipinski definition) is 10. The lowest BCUT2D eigenvalue weighted by Crippen LogP contribution is -2.61. The Morgan fingerprint density at radius 2 is 1.53 bits per heavy atom. The van der Waals surface area contributed by atoms with Crippen LogP contribution in [0, 0.1) is 17.8 Å². The number of rotatable bonds is 11. The second-order valence-corrected chi connectivity index (χ2v) is 8.84. The molecule has 10 heteroatoms. The molecule has 5 unspecified atom stereocenters. The lowest BCUT2D eigenvalue weighted by molar-refractivity contribution is -0.343. The molecule has 0 aromatic carbocycles. The maximum absolute atomic E-state index is 12.4. The number of ether oxygens (including phenoxy) is 4. The SMILES string of the molecule is CCC(CC)C(=O)CCO[C@@H]1C(C)C(O)OC(CO)[C@H]1O[C@@H]1OC(CO)[C@@H](O)[C@H](O)C1C. The van der Waals surface area contributed by atoms with Gasteiger partial charge in [0, 0.05) is 24.2 Å². The first-order valence-corrected chi connectivity index (χ1v) is 11.6. The van der Waals surface area contributed by atoms with E-state index in [1.807, 2.05) is 13.8 Å². The largest absolute Gasteiger partial charge is 0.394 e. The summed E-state index contributed by atoms with van der Waals surface area (Å²) in [5.41, 5.74) is 0. The van der Waals surface area contributed by atoms with Crippen LogP contribution in [0.2, 0.25) is 0 Å². The van der Waals surface area contributed by atoms with Gasteiger partial charge >= 0.3 is 0 Å². The van der Waals surface area contributed by atoms with Crippen LogP contribution in [0.15, 0.2) is 0 Å². The monoisotopic (exact) mass is 464 g/mol. The first-order chi connectivity index (χ1) is 15.2. The average molecular weight is 465 g/mol. The molecular weight excluding hydrogens is 424 g/mol. The molecule has 0 aliphatic carbocycles. The Balaban J connectivity index is 2.13. The number of aliphatic hydroxyl groups is 5. The van der Waals surface area contributed by atoms with Crippen molar-refractivity contribution in [2.45, 2.75) is 96.2 Å². The predicted molar refractivity (Wildman–Crippen MR) is 112 cm³/mol. The maximum Gasteiger partial charge on any atom is 0.163 e. The molecule has 10 nitrogen and oxygen atoms in total. The van der Waals surface area contributed by atoms with Crippen LogP contribution < -0.4 is 0 Å². The molecule has 2 aliphatic heterocycles. The number of carbonyl (C=O) groups excluding carboxylic acids is 1. The maximum atomic E-state index is 12.4. The summed E-state index contributed by atoms with van der Waals surface area (Å²) >= 11 is 0. The van der Waals surface area contributed by atoms with Gasteiger partial charge in [-0.1, -0.05) is 27.7 Å². The number of aliphatic hydroxyl groups excluding tert-OH is 5. The summed E-state index contributed by atoms with van der Waals surface area (Å²) in [6.45, 7) is 6.43. The molecule has 0 aromatic rings. The lowest BCUT2D eigenvalue weighted by Gasteiger charge is -2.47. The molecular formula is C22H40O10. The van der Waals surface area contributed by atoms with Gasteiger partial charge in [0.25, 0.3) is 0 Å². The first-order valence-electron chi connectivity index (χ1n) is 11.6. The van der Waals surface area contributed by atoms with Crippen molar-refractivity contribution in [3.05, 3.63) is 0 Å². The molecule has 10 atom stereocenters. The molecule has 0 saturated carbocycles. The van der Waals surface area contributed by atoms with E-state index in [-0.39, 0.29) is 24.7 Å². The van der Waals surface area contributed by atoms with Gasteiger partial charge in [-0.15, -0.1) is 0 Å². The minimum atomic E-state index is -1.27. The third kappa shape index (κ3) is 6.25. The highest BCUT2D eigenvalue weighted by Crippen LogP contribution is 2.34. The van der Waals surface area contributed by atoms with Crippen LogP contribution in [0.1, 0.15) is 47.0 Å². The fraction of sp³-hybridized carbons (Fsp3) is 0.955. The van der Waals surface area contributed by atoms with E-state index in [0.29, 0.717) is 0 Å². The Kier molecular flexibility index (Phi) is 10.9. The van der Waals surface area contributed by atoms with Crippen LogP contribution in [0.4, 0.5) is 0 Å². The van der Waals surface area contributed by atoms with Crippen molar-refractivity contribution < 1.29 is 49.3 Å². The summed E-state index contributed by atoms with van der Waals surface area (Å²) in [6.07, 6.45) is -6.52. The Hall–Kier alpha value is -0.690. The summed E-state index contributed by atoms with van der Waals surface area (Å²) in [5.74, 6) is -1.09.